The van der Waals surface area contributed by atoms with E-state index < -0.39 is 0 Å². The molecule has 2 aromatic rings. The van der Waals surface area contributed by atoms with Crippen LogP contribution in [0.3, 0.4) is 0 Å². The summed E-state index contributed by atoms with van der Waals surface area (Å²) < 4.78 is 7.19. The summed E-state index contributed by atoms with van der Waals surface area (Å²) in [5.74, 6) is 1.02. The van der Waals surface area contributed by atoms with E-state index in [1.54, 1.807) is 0 Å². The van der Waals surface area contributed by atoms with E-state index in [0.29, 0.717) is 12.6 Å². The van der Waals surface area contributed by atoms with Crippen LogP contribution >= 0.6 is 15.9 Å². The average Bonchev–Trinajstić information content (AvgIpc) is 3.30. The van der Waals surface area contributed by atoms with Crippen LogP contribution in [0.4, 0.5) is 0 Å². The number of aryl methyl sites for hydroxylation is 1. The predicted octanol–water partition coefficient (Wildman–Crippen LogP) is 4.59. The van der Waals surface area contributed by atoms with E-state index in [1.807, 2.05) is 12.1 Å². The number of nitrogens with one attached hydrogen (secondary N) is 1. The Morgan fingerprint density at radius 3 is 2.62 bits per heavy atom. The van der Waals surface area contributed by atoms with Gasteiger partial charge in [-0.05, 0) is 43.0 Å². The summed E-state index contributed by atoms with van der Waals surface area (Å²) in [6.45, 7) is 3.61. The molecule has 0 spiro atoms. The quantitative estimate of drug-likeness (QED) is 0.826. The van der Waals surface area contributed by atoms with Gasteiger partial charge in [0, 0.05) is 22.6 Å². The van der Waals surface area contributed by atoms with E-state index >= 15 is 0 Å². The van der Waals surface area contributed by atoms with Crippen molar-refractivity contribution in [2.24, 2.45) is 0 Å². The topological polar surface area (TPSA) is 21.3 Å². The Morgan fingerprint density at radius 2 is 1.90 bits per heavy atom. The first kappa shape index (κ1) is 14.6. The number of hydrogen-bond acceptors (Lipinski definition) is 2. The molecule has 0 heterocycles. The lowest BCUT2D eigenvalue weighted by Crippen LogP contribution is -2.16. The Labute approximate surface area is 134 Å². The largest absolute Gasteiger partial charge is 0.488 e. The molecule has 1 aliphatic rings. The maximum absolute atomic E-state index is 6.09. The van der Waals surface area contributed by atoms with Crippen molar-refractivity contribution < 1.29 is 4.74 Å². The summed E-state index contributed by atoms with van der Waals surface area (Å²) >= 11 is 3.46. The number of para-hydroxylation sites is 1. The van der Waals surface area contributed by atoms with Gasteiger partial charge in [-0.15, -0.1) is 0 Å². The Bertz CT molecular complexity index is 605. The first-order valence-electron chi connectivity index (χ1n) is 7.41. The van der Waals surface area contributed by atoms with Crippen LogP contribution in [-0.4, -0.2) is 6.04 Å². The summed E-state index contributed by atoms with van der Waals surface area (Å²) in [7, 11) is 0. The van der Waals surface area contributed by atoms with Gasteiger partial charge in [0.2, 0.25) is 0 Å². The number of ether oxygens (including phenoxy) is 1. The van der Waals surface area contributed by atoms with Gasteiger partial charge in [0.1, 0.15) is 12.4 Å². The van der Waals surface area contributed by atoms with E-state index in [2.05, 4.69) is 58.5 Å². The van der Waals surface area contributed by atoms with Crippen molar-refractivity contribution >= 4 is 15.9 Å². The van der Waals surface area contributed by atoms with Gasteiger partial charge in [-0.2, -0.15) is 0 Å². The molecule has 1 fully saturated rings. The summed E-state index contributed by atoms with van der Waals surface area (Å²) in [5.41, 5.74) is 3.63. The highest BCUT2D eigenvalue weighted by Gasteiger charge is 2.20. The lowest BCUT2D eigenvalue weighted by atomic mass is 10.1. The fourth-order valence-corrected chi connectivity index (χ4v) is 2.60. The Kier molecular flexibility index (Phi) is 4.61. The fraction of sp³-hybridized carbons (Fsp3) is 0.333. The molecule has 0 atom stereocenters. The first-order valence-corrected chi connectivity index (χ1v) is 8.21. The number of hydrogen-bond donors (Lipinski definition) is 1. The van der Waals surface area contributed by atoms with E-state index in [1.165, 1.54) is 29.5 Å². The Hall–Kier alpha value is -1.32. The summed E-state index contributed by atoms with van der Waals surface area (Å²) in [6, 6.07) is 15.3. The molecule has 2 aromatic carbocycles. The number of benzene rings is 2. The van der Waals surface area contributed by atoms with Crippen molar-refractivity contribution in [2.75, 3.05) is 0 Å². The molecule has 21 heavy (non-hydrogen) atoms. The molecule has 1 N–H and O–H groups in total. The summed E-state index contributed by atoms with van der Waals surface area (Å²) in [5, 5.41) is 3.56. The third kappa shape index (κ3) is 4.08. The third-order valence-corrected chi connectivity index (χ3v) is 4.28. The second kappa shape index (κ2) is 6.63. The maximum Gasteiger partial charge on any atom is 0.127 e. The molecule has 110 valence electrons. The second-order valence-corrected chi connectivity index (χ2v) is 6.55. The molecule has 0 aliphatic heterocycles. The molecule has 0 bridgehead atoms. The molecule has 3 rings (SSSR count). The van der Waals surface area contributed by atoms with Crippen LogP contribution in [0.5, 0.6) is 5.75 Å². The zero-order valence-electron chi connectivity index (χ0n) is 12.2. The van der Waals surface area contributed by atoms with Crippen LogP contribution in [0.1, 0.15) is 29.5 Å². The van der Waals surface area contributed by atoms with Gasteiger partial charge in [0.25, 0.3) is 0 Å². The molecular weight excluding hydrogens is 326 g/mol. The van der Waals surface area contributed by atoms with Crippen LogP contribution in [0.15, 0.2) is 46.9 Å². The smallest absolute Gasteiger partial charge is 0.127 e. The molecule has 0 aromatic heterocycles. The van der Waals surface area contributed by atoms with Gasteiger partial charge in [0.05, 0.1) is 0 Å². The summed E-state index contributed by atoms with van der Waals surface area (Å²) in [6.07, 6.45) is 2.61. The van der Waals surface area contributed by atoms with Crippen molar-refractivity contribution in [1.82, 2.24) is 5.32 Å². The molecule has 0 saturated heterocycles. The second-order valence-electron chi connectivity index (χ2n) is 5.63. The fourth-order valence-electron chi connectivity index (χ4n) is 2.34. The Balaban J connectivity index is 1.69. The highest BCUT2D eigenvalue weighted by molar-refractivity contribution is 9.10. The van der Waals surface area contributed by atoms with Crippen LogP contribution in [-0.2, 0) is 13.2 Å². The molecule has 0 unspecified atom stereocenters. The number of rotatable bonds is 6. The lowest BCUT2D eigenvalue weighted by molar-refractivity contribution is 0.300. The van der Waals surface area contributed by atoms with Crippen molar-refractivity contribution in [3.63, 3.8) is 0 Å². The minimum atomic E-state index is 0.606. The average molecular weight is 346 g/mol. The molecule has 0 amide bonds. The molecule has 1 aliphatic carbocycles. The van der Waals surface area contributed by atoms with Gasteiger partial charge in [-0.25, -0.2) is 0 Å². The molecular formula is C18H20BrNO. The molecule has 2 nitrogen and oxygen atoms in total. The van der Waals surface area contributed by atoms with E-state index in [-0.39, 0.29) is 0 Å². The Morgan fingerprint density at radius 1 is 1.14 bits per heavy atom. The molecule has 1 saturated carbocycles. The van der Waals surface area contributed by atoms with Gasteiger partial charge >= 0.3 is 0 Å². The first-order chi connectivity index (χ1) is 10.2. The minimum Gasteiger partial charge on any atom is -0.488 e. The van der Waals surface area contributed by atoms with E-state index in [0.717, 1.165) is 16.8 Å². The van der Waals surface area contributed by atoms with E-state index in [9.17, 15) is 0 Å². The summed E-state index contributed by atoms with van der Waals surface area (Å²) in [4.78, 5) is 0. The zero-order chi connectivity index (χ0) is 14.7. The van der Waals surface area contributed by atoms with Crippen molar-refractivity contribution in [3.8, 4) is 5.75 Å². The van der Waals surface area contributed by atoms with Gasteiger partial charge in [-0.1, -0.05) is 46.3 Å². The molecule has 3 heteroatoms. The standard InChI is InChI=1S/C18H20BrNO/c1-13-3-2-4-15(11-20-17-9-10-17)18(13)21-12-14-5-7-16(19)8-6-14/h2-8,17,20H,9-12H2,1H3. The highest BCUT2D eigenvalue weighted by atomic mass is 79.9. The van der Waals surface area contributed by atoms with Crippen molar-refractivity contribution in [3.05, 3.63) is 63.6 Å². The maximum atomic E-state index is 6.09. The van der Waals surface area contributed by atoms with Crippen LogP contribution < -0.4 is 10.1 Å². The van der Waals surface area contributed by atoms with Crippen LogP contribution in [0, 0.1) is 6.92 Å². The molecule has 0 radical (unpaired) electrons. The third-order valence-electron chi connectivity index (χ3n) is 3.75. The SMILES string of the molecule is Cc1cccc(CNC2CC2)c1OCc1ccc(Br)cc1. The van der Waals surface area contributed by atoms with Gasteiger partial charge < -0.3 is 10.1 Å². The zero-order valence-corrected chi connectivity index (χ0v) is 13.8. The highest BCUT2D eigenvalue weighted by Crippen LogP contribution is 2.26. The van der Waals surface area contributed by atoms with Crippen LogP contribution in [0.25, 0.3) is 0 Å². The minimum absolute atomic E-state index is 0.606. The van der Waals surface area contributed by atoms with Crippen LogP contribution in [0.2, 0.25) is 0 Å². The van der Waals surface area contributed by atoms with Crippen molar-refractivity contribution in [1.29, 1.82) is 0 Å². The van der Waals surface area contributed by atoms with E-state index in [4.69, 9.17) is 4.74 Å². The number of halogens is 1. The predicted molar refractivity (Wildman–Crippen MR) is 89.5 cm³/mol. The lowest BCUT2D eigenvalue weighted by Gasteiger charge is -2.15. The monoisotopic (exact) mass is 345 g/mol. The normalized spacial score (nSPS) is 14.2. The van der Waals surface area contributed by atoms with Crippen molar-refractivity contribution in [2.45, 2.75) is 39.0 Å². The van der Waals surface area contributed by atoms with Gasteiger partial charge in [0.15, 0.2) is 0 Å². The van der Waals surface area contributed by atoms with Gasteiger partial charge in [-0.3, -0.25) is 0 Å².